The van der Waals surface area contributed by atoms with Gasteiger partial charge in [-0.25, -0.2) is 4.39 Å². The van der Waals surface area contributed by atoms with Crippen molar-refractivity contribution in [2.75, 3.05) is 0 Å². The summed E-state index contributed by atoms with van der Waals surface area (Å²) in [6, 6.07) is 3.49. The van der Waals surface area contributed by atoms with Gasteiger partial charge in [0.1, 0.15) is 5.82 Å². The van der Waals surface area contributed by atoms with E-state index < -0.39 is 5.60 Å². The maximum Gasteiger partial charge on any atom is 0.129 e. The Balaban J connectivity index is 2.52. The minimum absolute atomic E-state index is 0.115. The zero-order valence-electron chi connectivity index (χ0n) is 11.8. The molecule has 3 unspecified atom stereocenters. The fraction of sp³-hybridized carbons (Fsp3) is 0.625. The van der Waals surface area contributed by atoms with Crippen molar-refractivity contribution in [3.05, 3.63) is 34.6 Å². The first-order valence-corrected chi connectivity index (χ1v) is 6.84. The van der Waals surface area contributed by atoms with Crippen LogP contribution in [0.3, 0.4) is 0 Å². The highest BCUT2D eigenvalue weighted by atomic mass is 19.1. The van der Waals surface area contributed by atoms with Crippen molar-refractivity contribution in [2.45, 2.75) is 52.6 Å². The molecule has 1 N–H and O–H groups in total. The molecule has 0 spiro atoms. The van der Waals surface area contributed by atoms with Gasteiger partial charge >= 0.3 is 0 Å². The molecule has 0 radical (unpaired) electrons. The van der Waals surface area contributed by atoms with E-state index in [9.17, 15) is 9.50 Å². The maximum atomic E-state index is 14.3. The smallest absolute Gasteiger partial charge is 0.129 e. The van der Waals surface area contributed by atoms with Crippen molar-refractivity contribution in [1.29, 1.82) is 0 Å². The van der Waals surface area contributed by atoms with Crippen LogP contribution in [0.2, 0.25) is 0 Å². The molecule has 0 amide bonds. The van der Waals surface area contributed by atoms with E-state index in [1.165, 1.54) is 6.07 Å². The standard InChI is InChI=1S/C16H23FO/c1-10-5-6-13(4)16(18,9-10)15-12(3)7-11(2)8-14(15)17/h7-8,10,13,18H,5-6,9H2,1-4H3. The lowest BCUT2D eigenvalue weighted by atomic mass is 9.67. The van der Waals surface area contributed by atoms with E-state index >= 15 is 0 Å². The Bertz CT molecular complexity index is 431. The van der Waals surface area contributed by atoms with Crippen molar-refractivity contribution in [3.63, 3.8) is 0 Å². The molecule has 1 fully saturated rings. The lowest BCUT2D eigenvalue weighted by Gasteiger charge is -2.42. The van der Waals surface area contributed by atoms with Crippen LogP contribution in [0, 0.1) is 31.5 Å². The normalized spacial score (nSPS) is 32.6. The fourth-order valence-corrected chi connectivity index (χ4v) is 3.42. The largest absolute Gasteiger partial charge is 0.385 e. The third-order valence-electron chi connectivity index (χ3n) is 4.43. The third-order valence-corrected chi connectivity index (χ3v) is 4.43. The van der Waals surface area contributed by atoms with E-state index in [0.717, 1.165) is 24.0 Å². The molecule has 1 saturated carbocycles. The Kier molecular flexibility index (Phi) is 3.50. The quantitative estimate of drug-likeness (QED) is 0.796. The molecule has 2 heteroatoms. The SMILES string of the molecule is Cc1cc(C)c(C2(O)CC(C)CCC2C)c(F)c1. The average Bonchev–Trinajstić information content (AvgIpc) is 2.22. The summed E-state index contributed by atoms with van der Waals surface area (Å²) in [6.07, 6.45) is 2.75. The van der Waals surface area contributed by atoms with Crippen LogP contribution in [0.4, 0.5) is 4.39 Å². The zero-order chi connectivity index (χ0) is 13.5. The summed E-state index contributed by atoms with van der Waals surface area (Å²) in [5.41, 5.74) is 1.30. The van der Waals surface area contributed by atoms with Crippen LogP contribution in [0.15, 0.2) is 12.1 Å². The number of halogens is 1. The van der Waals surface area contributed by atoms with E-state index in [2.05, 4.69) is 6.92 Å². The summed E-state index contributed by atoms with van der Waals surface area (Å²) in [6.45, 7) is 7.95. The first-order valence-electron chi connectivity index (χ1n) is 6.84. The Morgan fingerprint density at radius 1 is 1.22 bits per heavy atom. The summed E-state index contributed by atoms with van der Waals surface area (Å²) in [5, 5.41) is 11.0. The van der Waals surface area contributed by atoms with Gasteiger partial charge in [-0.15, -0.1) is 0 Å². The van der Waals surface area contributed by atoms with E-state index in [-0.39, 0.29) is 11.7 Å². The van der Waals surface area contributed by atoms with Gasteiger partial charge in [0.25, 0.3) is 0 Å². The topological polar surface area (TPSA) is 20.2 Å². The maximum absolute atomic E-state index is 14.3. The highest BCUT2D eigenvalue weighted by Gasteiger charge is 2.42. The number of hydrogen-bond donors (Lipinski definition) is 1. The molecule has 0 bridgehead atoms. The molecule has 1 aliphatic carbocycles. The van der Waals surface area contributed by atoms with Crippen LogP contribution in [0.5, 0.6) is 0 Å². The van der Waals surface area contributed by atoms with Crippen molar-refractivity contribution < 1.29 is 9.50 Å². The number of rotatable bonds is 1. The molecule has 1 aliphatic rings. The highest BCUT2D eigenvalue weighted by Crippen LogP contribution is 2.45. The molecular formula is C16H23FO. The van der Waals surface area contributed by atoms with Gasteiger partial charge < -0.3 is 5.11 Å². The molecule has 1 aromatic carbocycles. The van der Waals surface area contributed by atoms with Crippen molar-refractivity contribution in [2.24, 2.45) is 11.8 Å². The van der Waals surface area contributed by atoms with Crippen LogP contribution in [-0.4, -0.2) is 5.11 Å². The molecule has 100 valence electrons. The number of benzene rings is 1. The molecule has 1 nitrogen and oxygen atoms in total. The van der Waals surface area contributed by atoms with Gasteiger partial charge in [-0.1, -0.05) is 26.3 Å². The van der Waals surface area contributed by atoms with E-state index in [1.54, 1.807) is 0 Å². The molecule has 0 aromatic heterocycles. The first kappa shape index (κ1) is 13.5. The van der Waals surface area contributed by atoms with Gasteiger partial charge in [0, 0.05) is 5.56 Å². The summed E-state index contributed by atoms with van der Waals surface area (Å²) in [4.78, 5) is 0. The summed E-state index contributed by atoms with van der Waals surface area (Å²) < 4.78 is 14.3. The van der Waals surface area contributed by atoms with Gasteiger partial charge in [-0.2, -0.15) is 0 Å². The Morgan fingerprint density at radius 2 is 1.89 bits per heavy atom. The number of aryl methyl sites for hydroxylation is 2. The van der Waals surface area contributed by atoms with E-state index in [1.807, 2.05) is 26.8 Å². The molecule has 0 saturated heterocycles. The predicted molar refractivity (Wildman–Crippen MR) is 71.9 cm³/mol. The molecule has 3 atom stereocenters. The average molecular weight is 250 g/mol. The van der Waals surface area contributed by atoms with Gasteiger partial charge in [0.15, 0.2) is 0 Å². The minimum Gasteiger partial charge on any atom is -0.385 e. The number of aliphatic hydroxyl groups is 1. The second kappa shape index (κ2) is 4.65. The Hall–Kier alpha value is -0.890. The van der Waals surface area contributed by atoms with Crippen molar-refractivity contribution >= 4 is 0 Å². The van der Waals surface area contributed by atoms with Crippen LogP contribution >= 0.6 is 0 Å². The van der Waals surface area contributed by atoms with Crippen LogP contribution < -0.4 is 0 Å². The summed E-state index contributed by atoms with van der Waals surface area (Å²) in [5.74, 6) is 0.312. The van der Waals surface area contributed by atoms with Gasteiger partial charge in [0.2, 0.25) is 0 Å². The lowest BCUT2D eigenvalue weighted by molar-refractivity contribution is -0.0656. The monoisotopic (exact) mass is 250 g/mol. The Labute approximate surface area is 109 Å². The summed E-state index contributed by atoms with van der Waals surface area (Å²) >= 11 is 0. The van der Waals surface area contributed by atoms with Crippen molar-refractivity contribution in [1.82, 2.24) is 0 Å². The molecular weight excluding hydrogens is 227 g/mol. The van der Waals surface area contributed by atoms with Gasteiger partial charge in [-0.3, -0.25) is 0 Å². The zero-order valence-corrected chi connectivity index (χ0v) is 11.8. The molecule has 2 rings (SSSR count). The van der Waals surface area contributed by atoms with Crippen LogP contribution in [0.25, 0.3) is 0 Å². The fourth-order valence-electron chi connectivity index (χ4n) is 3.42. The van der Waals surface area contributed by atoms with Crippen LogP contribution in [0.1, 0.15) is 49.8 Å². The molecule has 0 heterocycles. The predicted octanol–water partition coefficient (Wildman–Crippen LogP) is 4.09. The van der Waals surface area contributed by atoms with Crippen LogP contribution in [-0.2, 0) is 5.60 Å². The highest BCUT2D eigenvalue weighted by molar-refractivity contribution is 5.37. The minimum atomic E-state index is -1.00. The molecule has 1 aromatic rings. The lowest BCUT2D eigenvalue weighted by Crippen LogP contribution is -2.40. The molecule has 0 aliphatic heterocycles. The third kappa shape index (κ3) is 2.18. The molecule has 18 heavy (non-hydrogen) atoms. The second-order valence-corrected chi connectivity index (χ2v) is 6.15. The second-order valence-electron chi connectivity index (χ2n) is 6.15. The first-order chi connectivity index (χ1) is 8.34. The van der Waals surface area contributed by atoms with E-state index in [0.29, 0.717) is 17.9 Å². The Morgan fingerprint density at radius 3 is 2.50 bits per heavy atom. The summed E-state index contributed by atoms with van der Waals surface area (Å²) in [7, 11) is 0. The van der Waals surface area contributed by atoms with Crippen molar-refractivity contribution in [3.8, 4) is 0 Å². The number of hydrogen-bond acceptors (Lipinski definition) is 1. The van der Waals surface area contributed by atoms with E-state index in [4.69, 9.17) is 0 Å². The van der Waals surface area contributed by atoms with Gasteiger partial charge in [-0.05, 0) is 55.7 Å². The van der Waals surface area contributed by atoms with Gasteiger partial charge in [0.05, 0.1) is 5.60 Å².